The molecule has 0 aliphatic heterocycles. The molecule has 0 aliphatic carbocycles. The summed E-state index contributed by atoms with van der Waals surface area (Å²) in [6.45, 7) is 7.80. The zero-order chi connectivity index (χ0) is 14.8. The summed E-state index contributed by atoms with van der Waals surface area (Å²) in [6.07, 6.45) is 4.48. The zero-order valence-corrected chi connectivity index (χ0v) is 13.7. The van der Waals surface area contributed by atoms with Crippen LogP contribution in [0.15, 0.2) is 30.3 Å². The molecule has 2 N–H and O–H groups in total. The first-order chi connectivity index (χ1) is 9.58. The summed E-state index contributed by atoms with van der Waals surface area (Å²) in [5, 5.41) is 0. The van der Waals surface area contributed by atoms with Crippen molar-refractivity contribution in [3.8, 4) is 0 Å². The van der Waals surface area contributed by atoms with Crippen molar-refractivity contribution in [1.82, 2.24) is 4.90 Å². The van der Waals surface area contributed by atoms with Crippen LogP contribution in [0, 0.1) is 5.92 Å². The second-order valence-corrected chi connectivity index (χ2v) is 6.38. The predicted octanol–water partition coefficient (Wildman–Crippen LogP) is 3.64. The van der Waals surface area contributed by atoms with E-state index < -0.39 is 0 Å². The van der Waals surface area contributed by atoms with E-state index in [1.165, 1.54) is 24.8 Å². The Morgan fingerprint density at radius 2 is 1.85 bits per heavy atom. The number of thiocarbonyl (C=S) groups is 1. The van der Waals surface area contributed by atoms with Crippen molar-refractivity contribution < 1.29 is 0 Å². The van der Waals surface area contributed by atoms with Crippen LogP contribution in [-0.2, 0) is 6.42 Å². The van der Waals surface area contributed by atoms with Crippen LogP contribution < -0.4 is 5.73 Å². The van der Waals surface area contributed by atoms with E-state index in [9.17, 15) is 0 Å². The second-order valence-electron chi connectivity index (χ2n) is 5.85. The SMILES string of the molecule is CC(C)CN(CCCCc1ccccc1)CCC(N)=S. The van der Waals surface area contributed by atoms with E-state index in [1.807, 2.05) is 0 Å². The normalized spacial score (nSPS) is 11.2. The van der Waals surface area contributed by atoms with Crippen LogP contribution in [0.25, 0.3) is 0 Å². The lowest BCUT2D eigenvalue weighted by molar-refractivity contribution is 0.246. The fourth-order valence-corrected chi connectivity index (χ4v) is 2.48. The number of hydrogen-bond donors (Lipinski definition) is 1. The minimum atomic E-state index is 0.628. The van der Waals surface area contributed by atoms with Gasteiger partial charge in [-0.1, -0.05) is 56.4 Å². The molecule has 0 aromatic heterocycles. The van der Waals surface area contributed by atoms with Gasteiger partial charge in [0.15, 0.2) is 0 Å². The highest BCUT2D eigenvalue weighted by Crippen LogP contribution is 2.07. The van der Waals surface area contributed by atoms with E-state index in [2.05, 4.69) is 49.1 Å². The molecule has 3 heteroatoms. The monoisotopic (exact) mass is 292 g/mol. The highest BCUT2D eigenvalue weighted by atomic mass is 32.1. The van der Waals surface area contributed by atoms with Gasteiger partial charge in [-0.05, 0) is 37.3 Å². The average molecular weight is 292 g/mol. The molecular weight excluding hydrogens is 264 g/mol. The minimum absolute atomic E-state index is 0.628. The van der Waals surface area contributed by atoms with Crippen LogP contribution in [0.5, 0.6) is 0 Å². The first-order valence-corrected chi connectivity index (χ1v) is 8.03. The van der Waals surface area contributed by atoms with Gasteiger partial charge in [-0.15, -0.1) is 0 Å². The molecule has 0 atom stereocenters. The van der Waals surface area contributed by atoms with E-state index in [0.29, 0.717) is 10.9 Å². The molecule has 0 bridgehead atoms. The number of unbranched alkanes of at least 4 members (excludes halogenated alkanes) is 1. The third kappa shape index (κ3) is 8.28. The highest BCUT2D eigenvalue weighted by molar-refractivity contribution is 7.80. The maximum Gasteiger partial charge on any atom is 0.0740 e. The Bertz CT molecular complexity index is 376. The van der Waals surface area contributed by atoms with Crippen LogP contribution in [0.2, 0.25) is 0 Å². The molecule has 0 unspecified atom stereocenters. The molecule has 0 aliphatic rings. The number of benzene rings is 1. The standard InChI is InChI=1S/C17H28N2S/c1-15(2)14-19(13-11-17(18)20)12-7-6-10-16-8-4-3-5-9-16/h3-5,8-9,15H,6-7,10-14H2,1-2H3,(H2,18,20). The smallest absolute Gasteiger partial charge is 0.0740 e. The van der Waals surface area contributed by atoms with Gasteiger partial charge >= 0.3 is 0 Å². The van der Waals surface area contributed by atoms with Crippen LogP contribution >= 0.6 is 12.2 Å². The first-order valence-electron chi connectivity index (χ1n) is 7.62. The predicted molar refractivity (Wildman–Crippen MR) is 92.1 cm³/mol. The van der Waals surface area contributed by atoms with E-state index in [-0.39, 0.29) is 0 Å². The Kier molecular flexibility index (Phi) is 8.47. The highest BCUT2D eigenvalue weighted by Gasteiger charge is 2.07. The summed E-state index contributed by atoms with van der Waals surface area (Å²) < 4.78 is 0. The topological polar surface area (TPSA) is 29.3 Å². The minimum Gasteiger partial charge on any atom is -0.393 e. The molecule has 0 saturated carbocycles. The van der Waals surface area contributed by atoms with E-state index in [4.69, 9.17) is 18.0 Å². The molecule has 1 rings (SSSR count). The molecule has 0 saturated heterocycles. The van der Waals surface area contributed by atoms with Gasteiger partial charge in [-0.3, -0.25) is 0 Å². The van der Waals surface area contributed by atoms with Crippen molar-refractivity contribution in [3.05, 3.63) is 35.9 Å². The zero-order valence-electron chi connectivity index (χ0n) is 12.8. The molecule has 2 nitrogen and oxygen atoms in total. The summed E-state index contributed by atoms with van der Waals surface area (Å²) in [5.74, 6) is 0.690. The van der Waals surface area contributed by atoms with Gasteiger partial charge in [0.25, 0.3) is 0 Å². The summed E-state index contributed by atoms with van der Waals surface area (Å²) in [7, 11) is 0. The third-order valence-electron chi connectivity index (χ3n) is 3.33. The fraction of sp³-hybridized carbons (Fsp3) is 0.588. The maximum atomic E-state index is 5.61. The van der Waals surface area contributed by atoms with Gasteiger partial charge in [0.05, 0.1) is 4.99 Å². The molecule has 0 spiro atoms. The van der Waals surface area contributed by atoms with Gasteiger partial charge in [-0.2, -0.15) is 0 Å². The molecule has 0 radical (unpaired) electrons. The van der Waals surface area contributed by atoms with Crippen molar-refractivity contribution in [3.63, 3.8) is 0 Å². The van der Waals surface area contributed by atoms with Crippen molar-refractivity contribution in [2.24, 2.45) is 11.7 Å². The van der Waals surface area contributed by atoms with Crippen molar-refractivity contribution in [2.75, 3.05) is 19.6 Å². The van der Waals surface area contributed by atoms with E-state index in [0.717, 1.165) is 26.1 Å². The first kappa shape index (κ1) is 17.1. The third-order valence-corrected chi connectivity index (χ3v) is 3.53. The molecule has 1 aromatic rings. The lowest BCUT2D eigenvalue weighted by atomic mass is 10.1. The van der Waals surface area contributed by atoms with Crippen molar-refractivity contribution >= 4 is 17.2 Å². The Morgan fingerprint density at radius 3 is 2.45 bits per heavy atom. The molecule has 0 fully saturated rings. The van der Waals surface area contributed by atoms with Gasteiger partial charge in [0.2, 0.25) is 0 Å². The van der Waals surface area contributed by atoms with Crippen LogP contribution in [-0.4, -0.2) is 29.5 Å². The quantitative estimate of drug-likeness (QED) is 0.527. The Balaban J connectivity index is 2.25. The van der Waals surface area contributed by atoms with Crippen molar-refractivity contribution in [2.45, 2.75) is 39.5 Å². The van der Waals surface area contributed by atoms with Gasteiger partial charge < -0.3 is 10.6 Å². The maximum absolute atomic E-state index is 5.61. The number of nitrogens with two attached hydrogens (primary N) is 1. The summed E-state index contributed by atoms with van der Waals surface area (Å²) in [5.41, 5.74) is 7.04. The van der Waals surface area contributed by atoms with E-state index >= 15 is 0 Å². The Hall–Kier alpha value is -0.930. The fourth-order valence-electron chi connectivity index (χ4n) is 2.39. The lowest BCUT2D eigenvalue weighted by Crippen LogP contribution is -2.32. The second kappa shape index (κ2) is 9.89. The summed E-state index contributed by atoms with van der Waals surface area (Å²) in [6, 6.07) is 10.7. The molecule has 0 heterocycles. The molecule has 0 amide bonds. The molecule has 20 heavy (non-hydrogen) atoms. The van der Waals surface area contributed by atoms with Crippen LogP contribution in [0.3, 0.4) is 0 Å². The van der Waals surface area contributed by atoms with Crippen molar-refractivity contribution in [1.29, 1.82) is 0 Å². The molecule has 112 valence electrons. The van der Waals surface area contributed by atoms with Crippen LogP contribution in [0.4, 0.5) is 0 Å². The molecular formula is C17H28N2S. The Labute approximate surface area is 129 Å². The number of rotatable bonds is 10. The Morgan fingerprint density at radius 1 is 1.15 bits per heavy atom. The van der Waals surface area contributed by atoms with Gasteiger partial charge in [0, 0.05) is 19.5 Å². The summed E-state index contributed by atoms with van der Waals surface area (Å²) in [4.78, 5) is 3.12. The molecule has 1 aromatic carbocycles. The average Bonchev–Trinajstić information content (AvgIpc) is 2.41. The summed E-state index contributed by atoms with van der Waals surface area (Å²) >= 11 is 4.98. The number of hydrogen-bond acceptors (Lipinski definition) is 2. The number of aryl methyl sites for hydroxylation is 1. The lowest BCUT2D eigenvalue weighted by Gasteiger charge is -2.24. The van der Waals surface area contributed by atoms with Gasteiger partial charge in [0.1, 0.15) is 0 Å². The van der Waals surface area contributed by atoms with Crippen LogP contribution in [0.1, 0.15) is 38.7 Å². The van der Waals surface area contributed by atoms with E-state index in [1.54, 1.807) is 0 Å². The number of nitrogens with zero attached hydrogens (tertiary/aromatic N) is 1. The van der Waals surface area contributed by atoms with Gasteiger partial charge in [-0.25, -0.2) is 0 Å². The largest absolute Gasteiger partial charge is 0.393 e.